The molecule has 1 fully saturated rings. The highest BCUT2D eigenvalue weighted by molar-refractivity contribution is 4.58. The van der Waals surface area contributed by atoms with Gasteiger partial charge >= 0.3 is 0 Å². The van der Waals surface area contributed by atoms with E-state index in [2.05, 4.69) is 35.0 Å². The molecule has 1 saturated heterocycles. The zero-order valence-electron chi connectivity index (χ0n) is 18.1. The van der Waals surface area contributed by atoms with Crippen LogP contribution in [0.5, 0.6) is 0 Å². The Morgan fingerprint density at radius 1 is 0.680 bits per heavy atom. The number of rotatable bonds is 15. The zero-order valence-corrected chi connectivity index (χ0v) is 18.9. The van der Waals surface area contributed by atoms with Crippen LogP contribution in [0.3, 0.4) is 0 Å². The predicted molar refractivity (Wildman–Crippen MR) is 109 cm³/mol. The molecule has 0 radical (unpaired) electrons. The third-order valence-electron chi connectivity index (χ3n) is 4.68. The van der Waals surface area contributed by atoms with Crippen LogP contribution in [0.15, 0.2) is 0 Å². The lowest BCUT2D eigenvalue weighted by Gasteiger charge is -2.23. The minimum Gasteiger partial charge on any atom is -1.00 e. The van der Waals surface area contributed by atoms with Crippen LogP contribution in [0, 0.1) is 0 Å². The molecule has 1 unspecified atom stereocenters. The monoisotopic (exact) mass is 377 g/mol. The van der Waals surface area contributed by atoms with Crippen LogP contribution in [0.1, 0.15) is 104 Å². The Kier molecular flexibility index (Phi) is 20.8. The van der Waals surface area contributed by atoms with Crippen LogP contribution in [-0.4, -0.2) is 44.9 Å². The van der Waals surface area contributed by atoms with Crippen LogP contribution in [0.2, 0.25) is 0 Å². The molecule has 0 amide bonds. The Balaban J connectivity index is 0. The summed E-state index contributed by atoms with van der Waals surface area (Å²) in [4.78, 5) is 0. The maximum atomic E-state index is 4.71. The third kappa shape index (κ3) is 29.2. The van der Waals surface area contributed by atoms with Gasteiger partial charge in [-0.25, -0.2) is 0 Å². The van der Waals surface area contributed by atoms with E-state index in [4.69, 9.17) is 4.74 Å². The average Bonchev–Trinajstić information content (AvgIpc) is 3.29. The van der Waals surface area contributed by atoms with Crippen LogP contribution in [0.25, 0.3) is 0 Å². The number of halogens is 1. The average molecular weight is 378 g/mol. The molecule has 2 nitrogen and oxygen atoms in total. The van der Waals surface area contributed by atoms with Crippen LogP contribution < -0.4 is 12.4 Å². The molecular formula is C22H48ClNO. The van der Waals surface area contributed by atoms with Gasteiger partial charge in [0.05, 0.1) is 40.4 Å². The molecule has 25 heavy (non-hydrogen) atoms. The zero-order chi connectivity index (χ0) is 18.1. The molecule has 0 aromatic rings. The summed E-state index contributed by atoms with van der Waals surface area (Å²) in [5, 5.41) is 0. The molecule has 0 bridgehead atoms. The summed E-state index contributed by atoms with van der Waals surface area (Å²) in [6.07, 6.45) is 21.0. The SMILES string of the molecule is CC1CO1.CCCCCCCCCCCCCCCC[N+](C)(C)C.[Cl-]. The van der Waals surface area contributed by atoms with Crippen molar-refractivity contribution in [3.8, 4) is 0 Å². The number of epoxide rings is 1. The van der Waals surface area contributed by atoms with Crippen LogP contribution in [-0.2, 0) is 4.74 Å². The molecule has 1 aliphatic heterocycles. The van der Waals surface area contributed by atoms with Crippen molar-refractivity contribution in [1.82, 2.24) is 0 Å². The molecule has 0 aliphatic carbocycles. The fourth-order valence-electron chi connectivity index (χ4n) is 2.88. The van der Waals surface area contributed by atoms with Gasteiger partial charge in [-0.2, -0.15) is 0 Å². The maximum Gasteiger partial charge on any atom is 0.0781 e. The standard InChI is InChI=1S/C19H42N.C3H6O.ClH/c1-5-6-7-8-9-10-11-12-13-14-15-16-17-18-19-20(2,3)4;1-3-2-4-3;/h5-19H2,1-4H3;3H,2H2,1H3;1H/q+1;;/p-1. The van der Waals surface area contributed by atoms with Gasteiger partial charge in [0.1, 0.15) is 0 Å². The number of unbranched alkanes of at least 4 members (excludes halogenated alkanes) is 13. The highest BCUT2D eigenvalue weighted by Crippen LogP contribution is 2.13. The Morgan fingerprint density at radius 3 is 1.20 bits per heavy atom. The van der Waals surface area contributed by atoms with E-state index < -0.39 is 0 Å². The number of hydrogen-bond donors (Lipinski definition) is 0. The van der Waals surface area contributed by atoms with Gasteiger partial charge in [0, 0.05) is 0 Å². The summed E-state index contributed by atoms with van der Waals surface area (Å²) >= 11 is 0. The number of nitrogens with zero attached hydrogens (tertiary/aromatic N) is 1. The van der Waals surface area contributed by atoms with Crippen LogP contribution >= 0.6 is 0 Å². The Labute approximate surface area is 166 Å². The van der Waals surface area contributed by atoms with Gasteiger partial charge in [0.25, 0.3) is 0 Å². The fourth-order valence-corrected chi connectivity index (χ4v) is 2.88. The van der Waals surface area contributed by atoms with Crippen molar-refractivity contribution in [3.63, 3.8) is 0 Å². The molecule has 1 rings (SSSR count). The number of hydrogen-bond acceptors (Lipinski definition) is 1. The van der Waals surface area contributed by atoms with E-state index >= 15 is 0 Å². The van der Waals surface area contributed by atoms with E-state index in [0.717, 1.165) is 11.1 Å². The second-order valence-corrected chi connectivity index (χ2v) is 8.75. The second kappa shape index (κ2) is 19.0. The Bertz CT molecular complexity index is 249. The van der Waals surface area contributed by atoms with E-state index in [9.17, 15) is 0 Å². The van der Waals surface area contributed by atoms with Gasteiger partial charge in [-0.1, -0.05) is 84.0 Å². The minimum absolute atomic E-state index is 0. The lowest BCUT2D eigenvalue weighted by Crippen LogP contribution is -3.00. The van der Waals surface area contributed by atoms with E-state index in [1.165, 1.54) is 96.4 Å². The van der Waals surface area contributed by atoms with Gasteiger partial charge in [-0.05, 0) is 19.8 Å². The molecule has 1 aliphatic rings. The molecule has 3 heteroatoms. The highest BCUT2D eigenvalue weighted by Gasteiger charge is 2.13. The van der Waals surface area contributed by atoms with Gasteiger partial charge in [0.2, 0.25) is 0 Å². The van der Waals surface area contributed by atoms with Crippen LogP contribution in [0.4, 0.5) is 0 Å². The van der Waals surface area contributed by atoms with Crippen molar-refractivity contribution in [3.05, 3.63) is 0 Å². The molecular weight excluding hydrogens is 330 g/mol. The second-order valence-electron chi connectivity index (χ2n) is 8.75. The summed E-state index contributed by atoms with van der Waals surface area (Å²) in [7, 11) is 6.88. The van der Waals surface area contributed by atoms with E-state index in [1.54, 1.807) is 0 Å². The molecule has 154 valence electrons. The van der Waals surface area contributed by atoms with Gasteiger partial charge in [-0.15, -0.1) is 0 Å². The summed E-state index contributed by atoms with van der Waals surface area (Å²) in [6.45, 7) is 6.67. The van der Waals surface area contributed by atoms with Crippen molar-refractivity contribution >= 4 is 0 Å². The molecule has 0 N–H and O–H groups in total. The molecule has 1 atom stereocenters. The lowest BCUT2D eigenvalue weighted by molar-refractivity contribution is -0.870. The minimum atomic E-state index is 0. The Morgan fingerprint density at radius 2 is 0.960 bits per heavy atom. The smallest absolute Gasteiger partial charge is 0.0781 e. The van der Waals surface area contributed by atoms with Crippen molar-refractivity contribution in [1.29, 1.82) is 0 Å². The Hall–Kier alpha value is 0.210. The van der Waals surface area contributed by atoms with Gasteiger partial charge in [0.15, 0.2) is 0 Å². The first kappa shape index (κ1) is 27.4. The quantitative estimate of drug-likeness (QED) is 0.241. The molecule has 1 heterocycles. The van der Waals surface area contributed by atoms with E-state index in [1.807, 2.05) is 0 Å². The first-order valence-corrected chi connectivity index (χ1v) is 10.9. The summed E-state index contributed by atoms with van der Waals surface area (Å²) in [6, 6.07) is 0. The predicted octanol–water partition coefficient (Wildman–Crippen LogP) is 3.58. The third-order valence-corrected chi connectivity index (χ3v) is 4.68. The fraction of sp³-hybridized carbons (Fsp3) is 1.00. The lowest BCUT2D eigenvalue weighted by atomic mass is 10.0. The highest BCUT2D eigenvalue weighted by atomic mass is 35.5. The summed E-state index contributed by atoms with van der Waals surface area (Å²) in [5.41, 5.74) is 0. The summed E-state index contributed by atoms with van der Waals surface area (Å²) < 4.78 is 5.83. The molecule has 0 aromatic heterocycles. The van der Waals surface area contributed by atoms with E-state index in [-0.39, 0.29) is 12.4 Å². The topological polar surface area (TPSA) is 12.5 Å². The first-order valence-electron chi connectivity index (χ1n) is 10.9. The first-order chi connectivity index (χ1) is 11.5. The summed E-state index contributed by atoms with van der Waals surface area (Å²) in [5.74, 6) is 0. The molecule has 0 saturated carbocycles. The normalized spacial score (nSPS) is 16.0. The van der Waals surface area contributed by atoms with Gasteiger partial charge < -0.3 is 21.6 Å². The van der Waals surface area contributed by atoms with Crippen molar-refractivity contribution in [2.24, 2.45) is 0 Å². The van der Waals surface area contributed by atoms with Crippen molar-refractivity contribution < 1.29 is 21.6 Å². The number of quaternary nitrogens is 1. The maximum absolute atomic E-state index is 4.71. The van der Waals surface area contributed by atoms with Crippen molar-refractivity contribution in [2.75, 3.05) is 34.3 Å². The van der Waals surface area contributed by atoms with E-state index in [0.29, 0.717) is 6.10 Å². The van der Waals surface area contributed by atoms with Gasteiger partial charge in [-0.3, -0.25) is 0 Å². The molecule has 0 spiro atoms. The largest absolute Gasteiger partial charge is 1.00 e. The van der Waals surface area contributed by atoms with Crippen molar-refractivity contribution in [2.45, 2.75) is 110 Å². The molecule has 0 aromatic carbocycles. The number of ether oxygens (including phenoxy) is 1.